The van der Waals surface area contributed by atoms with Crippen LogP contribution in [0.5, 0.6) is 0 Å². The molecule has 2 N–H and O–H groups in total. The summed E-state index contributed by atoms with van der Waals surface area (Å²) in [6.45, 7) is 1.24. The van der Waals surface area contributed by atoms with Gasteiger partial charge in [0, 0.05) is 17.6 Å². The van der Waals surface area contributed by atoms with Gasteiger partial charge in [0.15, 0.2) is 6.17 Å². The number of azo groups is 1. The van der Waals surface area contributed by atoms with Gasteiger partial charge in [0.2, 0.25) is 0 Å². The maximum Gasteiger partial charge on any atom is 0.315 e. The predicted molar refractivity (Wildman–Crippen MR) is 72.6 cm³/mol. The van der Waals surface area contributed by atoms with Crippen LogP contribution < -0.4 is 0 Å². The van der Waals surface area contributed by atoms with E-state index in [2.05, 4.69) is 10.2 Å². The van der Waals surface area contributed by atoms with E-state index >= 15 is 0 Å². The summed E-state index contributed by atoms with van der Waals surface area (Å²) in [4.78, 5) is 11.6. The van der Waals surface area contributed by atoms with E-state index in [0.29, 0.717) is 17.8 Å². The van der Waals surface area contributed by atoms with Gasteiger partial charge in [-0.05, 0) is 13.3 Å². The molecular formula is C15H15FN2O4. The molecule has 4 aliphatic rings. The third-order valence-corrected chi connectivity index (χ3v) is 5.02. The zero-order valence-electron chi connectivity index (χ0n) is 11.9. The van der Waals surface area contributed by atoms with E-state index in [-0.39, 0.29) is 5.76 Å². The Kier molecular flexibility index (Phi) is 2.64. The van der Waals surface area contributed by atoms with Gasteiger partial charge in [0.1, 0.15) is 35.1 Å². The third kappa shape index (κ3) is 1.44. The van der Waals surface area contributed by atoms with Crippen LogP contribution in [-0.4, -0.2) is 40.5 Å². The molecule has 0 saturated carbocycles. The fraction of sp³-hybridized carbons (Fsp3) is 0.533. The molecule has 4 rings (SSSR count). The van der Waals surface area contributed by atoms with Crippen LogP contribution in [0.1, 0.15) is 19.8 Å². The summed E-state index contributed by atoms with van der Waals surface area (Å²) in [7, 11) is 0. The highest BCUT2D eigenvalue weighted by Crippen LogP contribution is 2.52. The van der Waals surface area contributed by atoms with Crippen molar-refractivity contribution < 1.29 is 24.1 Å². The summed E-state index contributed by atoms with van der Waals surface area (Å²) in [6.07, 6.45) is 2.13. The number of carboxylic acid groups (broad SMARTS) is 1. The number of aliphatic hydroxyl groups is 1. The molecule has 2 aliphatic carbocycles. The van der Waals surface area contributed by atoms with E-state index in [1.165, 1.54) is 6.92 Å². The monoisotopic (exact) mass is 306 g/mol. The molecule has 22 heavy (non-hydrogen) atoms. The molecule has 0 aromatic rings. The number of alkyl halides is 1. The van der Waals surface area contributed by atoms with Gasteiger partial charge in [-0.15, -0.1) is 0 Å². The first kappa shape index (κ1) is 13.6. The average molecular weight is 306 g/mol. The van der Waals surface area contributed by atoms with Crippen LogP contribution in [0.2, 0.25) is 0 Å². The van der Waals surface area contributed by atoms with Crippen molar-refractivity contribution in [1.82, 2.24) is 0 Å². The molecular weight excluding hydrogens is 291 g/mol. The summed E-state index contributed by atoms with van der Waals surface area (Å²) < 4.78 is 20.7. The SMILES string of the molecule is C[C@]1(C(=O)O)C(F)C2=C3C(N=NC1C3O)C1=C(CCC=C1)O2. The van der Waals surface area contributed by atoms with Gasteiger partial charge in [-0.1, -0.05) is 12.2 Å². The maximum absolute atomic E-state index is 15.0. The van der Waals surface area contributed by atoms with Crippen LogP contribution in [0, 0.1) is 5.41 Å². The number of hydrogen-bond acceptors (Lipinski definition) is 5. The van der Waals surface area contributed by atoms with Crippen molar-refractivity contribution in [3.63, 3.8) is 0 Å². The van der Waals surface area contributed by atoms with Gasteiger partial charge >= 0.3 is 5.97 Å². The van der Waals surface area contributed by atoms with Gasteiger partial charge in [0.05, 0.1) is 0 Å². The highest BCUT2D eigenvalue weighted by Gasteiger charge is 2.62. The minimum absolute atomic E-state index is 0.0913. The van der Waals surface area contributed by atoms with E-state index in [1.807, 2.05) is 12.2 Å². The Morgan fingerprint density at radius 1 is 1.50 bits per heavy atom. The van der Waals surface area contributed by atoms with E-state index in [0.717, 1.165) is 12.0 Å². The number of hydrogen-bond donors (Lipinski definition) is 2. The minimum atomic E-state index is -1.89. The van der Waals surface area contributed by atoms with Crippen molar-refractivity contribution in [2.24, 2.45) is 15.6 Å². The quantitative estimate of drug-likeness (QED) is 0.773. The van der Waals surface area contributed by atoms with Crippen LogP contribution in [0.25, 0.3) is 0 Å². The number of ether oxygens (including phenoxy) is 1. The second kappa shape index (κ2) is 4.25. The highest BCUT2D eigenvalue weighted by atomic mass is 19.1. The third-order valence-electron chi connectivity index (χ3n) is 5.02. The molecule has 0 aromatic carbocycles. The van der Waals surface area contributed by atoms with Gasteiger partial charge in [-0.3, -0.25) is 4.79 Å². The fourth-order valence-electron chi connectivity index (χ4n) is 3.62. The van der Waals surface area contributed by atoms with Crippen LogP contribution in [-0.2, 0) is 9.53 Å². The van der Waals surface area contributed by atoms with E-state index in [1.54, 1.807) is 0 Å². The highest BCUT2D eigenvalue weighted by molar-refractivity contribution is 5.78. The Labute approximate surface area is 125 Å². The molecule has 0 amide bonds. The molecule has 0 radical (unpaired) electrons. The molecule has 0 spiro atoms. The lowest BCUT2D eigenvalue weighted by molar-refractivity contribution is -0.158. The lowest BCUT2D eigenvalue weighted by Gasteiger charge is -2.47. The zero-order valence-corrected chi connectivity index (χ0v) is 11.9. The molecule has 116 valence electrons. The molecule has 0 aromatic heterocycles. The molecule has 5 atom stereocenters. The van der Waals surface area contributed by atoms with Crippen molar-refractivity contribution in [1.29, 1.82) is 0 Å². The fourth-order valence-corrected chi connectivity index (χ4v) is 3.62. The lowest BCUT2D eigenvalue weighted by Crippen LogP contribution is -2.59. The molecule has 2 heterocycles. The molecule has 0 saturated heterocycles. The molecule has 2 aliphatic heterocycles. The topological polar surface area (TPSA) is 91.5 Å². The van der Waals surface area contributed by atoms with Crippen molar-refractivity contribution in [2.75, 3.05) is 0 Å². The Morgan fingerprint density at radius 3 is 3.00 bits per heavy atom. The lowest BCUT2D eigenvalue weighted by atomic mass is 9.66. The summed E-state index contributed by atoms with van der Waals surface area (Å²) in [6, 6.07) is -1.72. The summed E-state index contributed by atoms with van der Waals surface area (Å²) in [5.41, 5.74) is -0.802. The van der Waals surface area contributed by atoms with Gasteiger partial charge < -0.3 is 14.9 Å². The number of halogens is 1. The number of carboxylic acids is 1. The normalized spacial score (nSPS) is 42.1. The van der Waals surface area contributed by atoms with Crippen LogP contribution in [0.3, 0.4) is 0 Å². The van der Waals surface area contributed by atoms with Gasteiger partial charge in [-0.25, -0.2) is 4.39 Å². The Morgan fingerprint density at radius 2 is 2.27 bits per heavy atom. The van der Waals surface area contributed by atoms with Crippen molar-refractivity contribution in [3.05, 3.63) is 34.8 Å². The standard InChI is InChI=1S/C15H15FN2O4/c1-15(14(20)21)12(16)11-8-9(17-18-13(15)10(8)19)6-4-2-3-5-7(6)22-11/h2,4,9-10,12-13,19H,3,5H2,1H3,(H,20,21)/t9?,10?,12?,13?,15-/m0/s1. The largest absolute Gasteiger partial charge is 0.481 e. The first-order valence-electron chi connectivity index (χ1n) is 7.23. The Balaban J connectivity index is 1.91. The zero-order chi connectivity index (χ0) is 15.6. The van der Waals surface area contributed by atoms with E-state index in [9.17, 15) is 19.4 Å². The molecule has 7 heteroatoms. The first-order chi connectivity index (χ1) is 10.5. The molecule has 0 fully saturated rings. The van der Waals surface area contributed by atoms with Crippen LogP contribution >= 0.6 is 0 Å². The average Bonchev–Trinajstić information content (AvgIpc) is 2.51. The second-order valence-corrected chi connectivity index (χ2v) is 6.21. The molecule has 2 bridgehead atoms. The predicted octanol–water partition coefficient (Wildman–Crippen LogP) is 1.88. The molecule has 6 nitrogen and oxygen atoms in total. The van der Waals surface area contributed by atoms with Crippen molar-refractivity contribution in [3.8, 4) is 0 Å². The summed E-state index contributed by atoms with van der Waals surface area (Å²) in [5, 5.41) is 28.1. The van der Waals surface area contributed by atoms with Crippen LogP contribution in [0.15, 0.2) is 45.0 Å². The summed E-state index contributed by atoms with van der Waals surface area (Å²) in [5.74, 6) is -0.862. The second-order valence-electron chi connectivity index (χ2n) is 6.21. The van der Waals surface area contributed by atoms with E-state index < -0.39 is 35.7 Å². The number of fused-ring (bicyclic) bond motifs is 2. The van der Waals surface area contributed by atoms with Crippen molar-refractivity contribution in [2.45, 2.75) is 44.1 Å². The maximum atomic E-state index is 15.0. The molecule has 4 unspecified atom stereocenters. The number of aliphatic hydroxyl groups excluding tert-OH is 1. The van der Waals surface area contributed by atoms with Crippen molar-refractivity contribution >= 4 is 5.97 Å². The summed E-state index contributed by atoms with van der Waals surface area (Å²) >= 11 is 0. The van der Waals surface area contributed by atoms with E-state index in [4.69, 9.17) is 4.74 Å². The Bertz CT molecular complexity index is 696. The first-order valence-corrected chi connectivity index (χ1v) is 7.23. The number of nitrogens with zero attached hydrogens (tertiary/aromatic N) is 2. The number of carbonyl (C=O) groups is 1. The van der Waals surface area contributed by atoms with Crippen LogP contribution in [0.4, 0.5) is 4.39 Å². The minimum Gasteiger partial charge on any atom is -0.481 e. The Hall–Kier alpha value is -2.02. The van der Waals surface area contributed by atoms with Gasteiger partial charge in [-0.2, -0.15) is 10.2 Å². The number of rotatable bonds is 1. The smallest absolute Gasteiger partial charge is 0.315 e. The number of allylic oxidation sites excluding steroid dienone is 3. The number of aliphatic carboxylic acids is 1. The van der Waals surface area contributed by atoms with Gasteiger partial charge in [0.25, 0.3) is 0 Å².